The lowest BCUT2D eigenvalue weighted by molar-refractivity contribution is -0.143. The molecule has 0 fully saturated rings. The molecule has 0 aromatic carbocycles. The van der Waals surface area contributed by atoms with Gasteiger partial charge in [0.2, 0.25) is 0 Å². The predicted octanol–water partition coefficient (Wildman–Crippen LogP) is 5.87. The van der Waals surface area contributed by atoms with Gasteiger partial charge in [0.05, 0.1) is 0 Å². The predicted molar refractivity (Wildman–Crippen MR) is 100 cm³/mol. The van der Waals surface area contributed by atoms with Gasteiger partial charge in [-0.3, -0.25) is 9.69 Å². The highest BCUT2D eigenvalue weighted by molar-refractivity contribution is 5.73. The molecule has 0 aromatic heterocycles. The third kappa shape index (κ3) is 12.5. The monoisotopic (exact) mass is 327 g/mol. The molecule has 1 N–H and O–H groups in total. The van der Waals surface area contributed by atoms with Gasteiger partial charge >= 0.3 is 5.97 Å². The van der Waals surface area contributed by atoms with E-state index in [0.29, 0.717) is 6.42 Å². The van der Waals surface area contributed by atoms with Crippen molar-refractivity contribution in [1.82, 2.24) is 4.90 Å². The highest BCUT2D eigenvalue weighted by atomic mass is 16.4. The maximum absolute atomic E-state index is 11.2. The van der Waals surface area contributed by atoms with Crippen LogP contribution in [0.4, 0.5) is 0 Å². The van der Waals surface area contributed by atoms with Crippen LogP contribution in [0, 0.1) is 0 Å². The number of rotatable bonds is 17. The number of hydrogen-bond acceptors (Lipinski definition) is 2. The summed E-state index contributed by atoms with van der Waals surface area (Å²) in [4.78, 5) is 13.3. The zero-order chi connectivity index (χ0) is 17.3. The molecule has 0 aliphatic carbocycles. The minimum Gasteiger partial charge on any atom is -0.480 e. The molecular weight excluding hydrogens is 286 g/mol. The molecule has 0 aliphatic rings. The molecule has 0 aliphatic heterocycles. The van der Waals surface area contributed by atoms with Crippen LogP contribution in [0.3, 0.4) is 0 Å². The Bertz CT molecular complexity index is 268. The summed E-state index contributed by atoms with van der Waals surface area (Å²) in [5.74, 6) is -0.673. The Hall–Kier alpha value is -0.570. The van der Waals surface area contributed by atoms with Gasteiger partial charge in [0.25, 0.3) is 0 Å². The van der Waals surface area contributed by atoms with E-state index < -0.39 is 5.97 Å². The van der Waals surface area contributed by atoms with Crippen molar-refractivity contribution in [1.29, 1.82) is 0 Å². The molecule has 0 radical (unpaired) electrons. The summed E-state index contributed by atoms with van der Waals surface area (Å²) >= 11 is 0. The van der Waals surface area contributed by atoms with Crippen molar-refractivity contribution in [3.63, 3.8) is 0 Å². The quantitative estimate of drug-likeness (QED) is 0.339. The molecule has 0 amide bonds. The lowest BCUT2D eigenvalue weighted by atomic mass is 10.0. The van der Waals surface area contributed by atoms with Crippen LogP contribution in [0.1, 0.15) is 104 Å². The zero-order valence-electron chi connectivity index (χ0n) is 16.0. The number of nitrogens with zero attached hydrogens (tertiary/aromatic N) is 1. The van der Waals surface area contributed by atoms with Crippen molar-refractivity contribution in [3.8, 4) is 0 Å². The van der Waals surface area contributed by atoms with E-state index in [1.54, 1.807) is 0 Å². The van der Waals surface area contributed by atoms with Crippen molar-refractivity contribution in [2.24, 2.45) is 0 Å². The SMILES string of the molecule is CCCCCCCCCCCCCCN(CC)[C@@H](CC)C(=O)O. The number of unbranched alkanes of at least 4 members (excludes halogenated alkanes) is 11. The second kappa shape index (κ2) is 16.3. The lowest BCUT2D eigenvalue weighted by Gasteiger charge is -2.26. The van der Waals surface area contributed by atoms with E-state index in [1.807, 2.05) is 6.92 Å². The third-order valence-corrected chi connectivity index (χ3v) is 4.82. The van der Waals surface area contributed by atoms with Gasteiger partial charge in [-0.15, -0.1) is 0 Å². The van der Waals surface area contributed by atoms with Crippen molar-refractivity contribution in [2.45, 2.75) is 110 Å². The molecule has 3 nitrogen and oxygen atoms in total. The summed E-state index contributed by atoms with van der Waals surface area (Å²) < 4.78 is 0. The van der Waals surface area contributed by atoms with Crippen LogP contribution in [0.2, 0.25) is 0 Å². The van der Waals surface area contributed by atoms with Gasteiger partial charge in [-0.05, 0) is 25.9 Å². The Morgan fingerprint density at radius 3 is 1.57 bits per heavy atom. The summed E-state index contributed by atoms with van der Waals surface area (Å²) in [5, 5.41) is 9.22. The maximum atomic E-state index is 11.2. The van der Waals surface area contributed by atoms with Crippen LogP contribution in [-0.4, -0.2) is 35.1 Å². The third-order valence-electron chi connectivity index (χ3n) is 4.82. The van der Waals surface area contributed by atoms with Gasteiger partial charge in [0.1, 0.15) is 6.04 Å². The fourth-order valence-electron chi connectivity index (χ4n) is 3.28. The van der Waals surface area contributed by atoms with E-state index in [0.717, 1.165) is 19.5 Å². The van der Waals surface area contributed by atoms with E-state index in [4.69, 9.17) is 0 Å². The highest BCUT2D eigenvalue weighted by Gasteiger charge is 2.21. The highest BCUT2D eigenvalue weighted by Crippen LogP contribution is 2.13. The topological polar surface area (TPSA) is 40.5 Å². The standard InChI is InChI=1S/C20H41NO2/c1-4-7-8-9-10-11-12-13-14-15-16-17-18-21(6-3)19(5-2)20(22)23/h19H,4-18H2,1-3H3,(H,22,23)/t19-/m0/s1. The van der Waals surface area contributed by atoms with Gasteiger partial charge in [0, 0.05) is 0 Å². The van der Waals surface area contributed by atoms with E-state index in [9.17, 15) is 9.90 Å². The van der Waals surface area contributed by atoms with E-state index in [-0.39, 0.29) is 6.04 Å². The fraction of sp³-hybridized carbons (Fsp3) is 0.950. The first-order valence-corrected chi connectivity index (χ1v) is 10.1. The second-order valence-electron chi connectivity index (χ2n) is 6.78. The van der Waals surface area contributed by atoms with E-state index in [2.05, 4.69) is 18.7 Å². The summed E-state index contributed by atoms with van der Waals surface area (Å²) in [6, 6.07) is -0.298. The van der Waals surface area contributed by atoms with Gasteiger partial charge in [-0.1, -0.05) is 91.4 Å². The molecule has 0 aromatic rings. The summed E-state index contributed by atoms with van der Waals surface area (Å²) in [6.07, 6.45) is 16.9. The smallest absolute Gasteiger partial charge is 0.320 e. The molecule has 0 saturated heterocycles. The van der Waals surface area contributed by atoms with Crippen LogP contribution in [-0.2, 0) is 4.79 Å². The molecule has 0 heterocycles. The van der Waals surface area contributed by atoms with Crippen LogP contribution in [0.5, 0.6) is 0 Å². The van der Waals surface area contributed by atoms with Crippen LogP contribution in [0.25, 0.3) is 0 Å². The normalized spacial score (nSPS) is 12.7. The summed E-state index contributed by atoms with van der Waals surface area (Å²) in [7, 11) is 0. The van der Waals surface area contributed by atoms with Crippen molar-refractivity contribution >= 4 is 5.97 Å². The molecule has 3 heteroatoms. The van der Waals surface area contributed by atoms with Crippen LogP contribution in [0.15, 0.2) is 0 Å². The first kappa shape index (κ1) is 22.4. The van der Waals surface area contributed by atoms with Crippen LogP contribution >= 0.6 is 0 Å². The second-order valence-corrected chi connectivity index (χ2v) is 6.78. The molecule has 0 saturated carbocycles. The molecule has 0 unspecified atom stereocenters. The molecular formula is C20H41NO2. The largest absolute Gasteiger partial charge is 0.480 e. The van der Waals surface area contributed by atoms with Crippen molar-refractivity contribution < 1.29 is 9.90 Å². The van der Waals surface area contributed by atoms with Gasteiger partial charge in [0.15, 0.2) is 0 Å². The van der Waals surface area contributed by atoms with Crippen LogP contribution < -0.4 is 0 Å². The molecule has 0 bridgehead atoms. The number of carboxylic acids is 1. The number of carboxylic acid groups (broad SMARTS) is 1. The van der Waals surface area contributed by atoms with E-state index in [1.165, 1.54) is 70.6 Å². The van der Waals surface area contributed by atoms with Gasteiger partial charge in [-0.25, -0.2) is 0 Å². The average Bonchev–Trinajstić information content (AvgIpc) is 2.54. The minimum atomic E-state index is -0.673. The Morgan fingerprint density at radius 2 is 1.22 bits per heavy atom. The van der Waals surface area contributed by atoms with Gasteiger partial charge < -0.3 is 5.11 Å². The molecule has 1 atom stereocenters. The first-order valence-electron chi connectivity index (χ1n) is 10.1. The first-order chi connectivity index (χ1) is 11.2. The minimum absolute atomic E-state index is 0.298. The molecule has 23 heavy (non-hydrogen) atoms. The Morgan fingerprint density at radius 1 is 0.783 bits per heavy atom. The summed E-state index contributed by atoms with van der Waals surface area (Å²) in [6.45, 7) is 8.06. The summed E-state index contributed by atoms with van der Waals surface area (Å²) in [5.41, 5.74) is 0. The molecule has 0 spiro atoms. The fourth-order valence-corrected chi connectivity index (χ4v) is 3.28. The zero-order valence-corrected chi connectivity index (χ0v) is 16.0. The Kier molecular flexibility index (Phi) is 15.9. The maximum Gasteiger partial charge on any atom is 0.320 e. The Labute approximate surface area is 144 Å². The average molecular weight is 328 g/mol. The Balaban J connectivity index is 3.45. The molecule has 0 rings (SSSR count). The number of hydrogen-bond donors (Lipinski definition) is 1. The van der Waals surface area contributed by atoms with Crippen molar-refractivity contribution in [3.05, 3.63) is 0 Å². The van der Waals surface area contributed by atoms with Gasteiger partial charge in [-0.2, -0.15) is 0 Å². The number of aliphatic carboxylic acids is 1. The lowest BCUT2D eigenvalue weighted by Crippen LogP contribution is -2.41. The number of carbonyl (C=O) groups is 1. The van der Waals surface area contributed by atoms with E-state index >= 15 is 0 Å². The van der Waals surface area contributed by atoms with Crippen molar-refractivity contribution in [2.75, 3.05) is 13.1 Å². The number of likely N-dealkylation sites (N-methyl/N-ethyl adjacent to an activating group) is 1. The molecule has 138 valence electrons.